The van der Waals surface area contributed by atoms with Gasteiger partial charge >= 0.3 is 0 Å². The number of amides is 1. The maximum absolute atomic E-state index is 12.1. The summed E-state index contributed by atoms with van der Waals surface area (Å²) in [6, 6.07) is 4.92. The minimum absolute atomic E-state index is 0.0551. The lowest BCUT2D eigenvalue weighted by atomic mass is 10.2. The number of rotatable bonds is 2. The van der Waals surface area contributed by atoms with Crippen LogP contribution in [-0.2, 0) is 0 Å². The van der Waals surface area contributed by atoms with Crippen molar-refractivity contribution < 1.29 is 4.79 Å². The molecule has 2 rings (SSSR count). The SMILES string of the molecule is O=C(Nc1c(Cl)ncnc1Cl)c1cc(Br)ccc1Cl. The number of benzene rings is 1. The van der Waals surface area contributed by atoms with Gasteiger partial charge in [-0.2, -0.15) is 0 Å². The molecule has 4 nitrogen and oxygen atoms in total. The minimum atomic E-state index is -0.454. The largest absolute Gasteiger partial charge is 0.317 e. The lowest BCUT2D eigenvalue weighted by Crippen LogP contribution is -2.14. The van der Waals surface area contributed by atoms with Gasteiger partial charge in [0.15, 0.2) is 10.3 Å². The molecule has 0 saturated carbocycles. The monoisotopic (exact) mass is 379 g/mol. The Morgan fingerprint density at radius 1 is 1.16 bits per heavy atom. The van der Waals surface area contributed by atoms with Crippen molar-refractivity contribution in [2.75, 3.05) is 5.32 Å². The second-order valence-corrected chi connectivity index (χ2v) is 5.45. The highest BCUT2D eigenvalue weighted by molar-refractivity contribution is 9.10. The van der Waals surface area contributed by atoms with Gasteiger partial charge in [0.25, 0.3) is 5.91 Å². The summed E-state index contributed by atoms with van der Waals surface area (Å²) in [4.78, 5) is 19.6. The van der Waals surface area contributed by atoms with Crippen LogP contribution < -0.4 is 5.32 Å². The van der Waals surface area contributed by atoms with Crippen molar-refractivity contribution in [3.63, 3.8) is 0 Å². The van der Waals surface area contributed by atoms with Crippen LogP contribution in [0.5, 0.6) is 0 Å². The van der Waals surface area contributed by atoms with Gasteiger partial charge in [-0.15, -0.1) is 0 Å². The Balaban J connectivity index is 2.34. The quantitative estimate of drug-likeness (QED) is 0.782. The van der Waals surface area contributed by atoms with Crippen molar-refractivity contribution >= 4 is 62.3 Å². The first-order valence-corrected chi connectivity index (χ1v) is 6.84. The van der Waals surface area contributed by atoms with Crippen molar-refractivity contribution in [3.8, 4) is 0 Å². The van der Waals surface area contributed by atoms with E-state index in [-0.39, 0.29) is 21.6 Å². The van der Waals surface area contributed by atoms with E-state index in [9.17, 15) is 4.79 Å². The molecule has 0 aliphatic rings. The third-order valence-electron chi connectivity index (χ3n) is 2.17. The molecule has 0 unspecified atom stereocenters. The summed E-state index contributed by atoms with van der Waals surface area (Å²) in [7, 11) is 0. The third-order valence-corrected chi connectivity index (χ3v) is 3.56. The van der Waals surface area contributed by atoms with Gasteiger partial charge in [-0.1, -0.05) is 50.7 Å². The highest BCUT2D eigenvalue weighted by Crippen LogP contribution is 2.28. The summed E-state index contributed by atoms with van der Waals surface area (Å²) in [5, 5.41) is 2.95. The fourth-order valence-corrected chi connectivity index (χ4v) is 2.27. The molecular weight excluding hydrogens is 376 g/mol. The van der Waals surface area contributed by atoms with Gasteiger partial charge < -0.3 is 5.32 Å². The van der Waals surface area contributed by atoms with Gasteiger partial charge in [-0.25, -0.2) is 9.97 Å². The molecule has 1 N–H and O–H groups in total. The van der Waals surface area contributed by atoms with Crippen LogP contribution in [0.4, 0.5) is 5.69 Å². The molecule has 2 aromatic rings. The molecule has 0 bridgehead atoms. The molecule has 1 heterocycles. The van der Waals surface area contributed by atoms with Gasteiger partial charge in [-0.05, 0) is 18.2 Å². The molecule has 0 fully saturated rings. The van der Waals surface area contributed by atoms with Gasteiger partial charge in [-0.3, -0.25) is 4.79 Å². The summed E-state index contributed by atoms with van der Waals surface area (Å²) < 4.78 is 0.726. The molecule has 0 aliphatic carbocycles. The van der Waals surface area contributed by atoms with E-state index in [0.717, 1.165) is 4.47 Å². The topological polar surface area (TPSA) is 54.9 Å². The fourth-order valence-electron chi connectivity index (χ4n) is 1.30. The molecule has 98 valence electrons. The first-order valence-electron chi connectivity index (χ1n) is 4.91. The Morgan fingerprint density at radius 2 is 1.79 bits per heavy atom. The molecular formula is C11H5BrCl3N3O. The number of halogens is 4. The van der Waals surface area contributed by atoms with Crippen molar-refractivity contribution in [2.24, 2.45) is 0 Å². The van der Waals surface area contributed by atoms with E-state index in [4.69, 9.17) is 34.8 Å². The Hall–Kier alpha value is -0.880. The predicted octanol–water partition coefficient (Wildman–Crippen LogP) is 4.45. The number of nitrogens with one attached hydrogen (secondary N) is 1. The summed E-state index contributed by atoms with van der Waals surface area (Å²) in [5.74, 6) is -0.454. The van der Waals surface area contributed by atoms with Crippen LogP contribution in [0, 0.1) is 0 Å². The zero-order valence-corrected chi connectivity index (χ0v) is 13.0. The highest BCUT2D eigenvalue weighted by Gasteiger charge is 2.15. The van der Waals surface area contributed by atoms with E-state index in [0.29, 0.717) is 5.02 Å². The number of nitrogens with zero attached hydrogens (tertiary/aromatic N) is 2. The summed E-state index contributed by atoms with van der Waals surface area (Å²) in [6.07, 6.45) is 1.20. The minimum Gasteiger partial charge on any atom is -0.317 e. The number of carbonyl (C=O) groups is 1. The molecule has 1 amide bonds. The Bertz CT molecular complexity index is 631. The summed E-state index contributed by atoms with van der Waals surface area (Å²) in [5.41, 5.74) is 0.430. The van der Waals surface area contributed by atoms with Crippen molar-refractivity contribution in [1.29, 1.82) is 0 Å². The molecule has 0 atom stereocenters. The molecule has 1 aromatic carbocycles. The van der Waals surface area contributed by atoms with Gasteiger partial charge in [0.1, 0.15) is 12.0 Å². The van der Waals surface area contributed by atoms with E-state index in [2.05, 4.69) is 31.2 Å². The molecule has 0 saturated heterocycles. The predicted molar refractivity (Wildman–Crippen MR) is 79.2 cm³/mol. The lowest BCUT2D eigenvalue weighted by molar-refractivity contribution is 0.102. The van der Waals surface area contributed by atoms with Gasteiger partial charge in [0.2, 0.25) is 0 Å². The Morgan fingerprint density at radius 3 is 2.42 bits per heavy atom. The van der Waals surface area contributed by atoms with E-state index < -0.39 is 5.91 Å². The normalized spacial score (nSPS) is 10.3. The molecule has 0 spiro atoms. The number of hydrogen-bond acceptors (Lipinski definition) is 3. The second kappa shape index (κ2) is 6.05. The molecule has 0 radical (unpaired) electrons. The summed E-state index contributed by atoms with van der Waals surface area (Å²) >= 11 is 20.9. The number of hydrogen-bond donors (Lipinski definition) is 1. The van der Waals surface area contributed by atoms with Crippen LogP contribution >= 0.6 is 50.7 Å². The van der Waals surface area contributed by atoms with Crippen LogP contribution in [0.25, 0.3) is 0 Å². The van der Waals surface area contributed by atoms with Crippen LogP contribution in [-0.4, -0.2) is 15.9 Å². The van der Waals surface area contributed by atoms with Crippen LogP contribution in [0.15, 0.2) is 29.0 Å². The Kier molecular flexibility index (Phi) is 4.62. The standard InChI is InChI=1S/C11H5BrCl3N3O/c12-5-1-2-7(13)6(3-5)11(19)18-8-9(14)16-4-17-10(8)15/h1-4H,(H,18,19). The third kappa shape index (κ3) is 3.36. The second-order valence-electron chi connectivity index (χ2n) is 3.41. The van der Waals surface area contributed by atoms with Crippen molar-refractivity contribution in [2.45, 2.75) is 0 Å². The van der Waals surface area contributed by atoms with Crippen LogP contribution in [0.3, 0.4) is 0 Å². The smallest absolute Gasteiger partial charge is 0.257 e. The molecule has 0 aliphatic heterocycles. The van der Waals surface area contributed by atoms with Crippen molar-refractivity contribution in [1.82, 2.24) is 9.97 Å². The number of anilines is 1. The molecule has 19 heavy (non-hydrogen) atoms. The maximum Gasteiger partial charge on any atom is 0.257 e. The lowest BCUT2D eigenvalue weighted by Gasteiger charge is -2.09. The van der Waals surface area contributed by atoms with Crippen LogP contribution in [0.2, 0.25) is 15.3 Å². The first-order chi connectivity index (χ1) is 8.99. The molecule has 8 heteroatoms. The van der Waals surface area contributed by atoms with Gasteiger partial charge in [0.05, 0.1) is 10.6 Å². The first kappa shape index (κ1) is 14.5. The Labute approximate surface area is 132 Å². The van der Waals surface area contributed by atoms with E-state index in [1.165, 1.54) is 6.33 Å². The molecule has 1 aromatic heterocycles. The van der Waals surface area contributed by atoms with Crippen molar-refractivity contribution in [3.05, 3.63) is 49.9 Å². The maximum atomic E-state index is 12.1. The van der Waals surface area contributed by atoms with Crippen LogP contribution in [0.1, 0.15) is 10.4 Å². The summed E-state index contributed by atoms with van der Waals surface area (Å²) in [6.45, 7) is 0. The average Bonchev–Trinajstić information content (AvgIpc) is 2.37. The van der Waals surface area contributed by atoms with Gasteiger partial charge in [0, 0.05) is 4.47 Å². The fraction of sp³-hybridized carbons (Fsp3) is 0. The zero-order chi connectivity index (χ0) is 14.0. The number of aromatic nitrogens is 2. The van der Waals surface area contributed by atoms with E-state index in [1.54, 1.807) is 18.2 Å². The highest BCUT2D eigenvalue weighted by atomic mass is 79.9. The number of carbonyl (C=O) groups excluding carboxylic acids is 1. The van der Waals surface area contributed by atoms with E-state index >= 15 is 0 Å². The zero-order valence-electron chi connectivity index (χ0n) is 9.12. The van der Waals surface area contributed by atoms with E-state index in [1.807, 2.05) is 0 Å². The average molecular weight is 381 g/mol.